The normalized spacial score (nSPS) is 16.8. The van der Waals surface area contributed by atoms with Crippen LogP contribution in [0.5, 0.6) is 0 Å². The average molecular weight is 342 g/mol. The maximum Gasteiger partial charge on any atom is 0.255 e. The Kier molecular flexibility index (Phi) is 5.41. The Hall–Kier alpha value is -2.01. The van der Waals surface area contributed by atoms with Gasteiger partial charge in [-0.15, -0.1) is 0 Å². The van der Waals surface area contributed by atoms with Crippen LogP contribution in [0.3, 0.4) is 0 Å². The van der Waals surface area contributed by atoms with Gasteiger partial charge in [0.15, 0.2) is 0 Å². The van der Waals surface area contributed by atoms with E-state index in [4.69, 9.17) is 0 Å². The lowest BCUT2D eigenvalue weighted by molar-refractivity contribution is 0.0792. The molecule has 126 valence electrons. The zero-order valence-electron chi connectivity index (χ0n) is 13.9. The molecule has 0 unspecified atom stereocenters. The second kappa shape index (κ2) is 7.71. The number of likely N-dealkylation sites (tertiary alicyclic amines) is 1. The zero-order valence-corrected chi connectivity index (χ0v) is 14.7. The first-order chi connectivity index (χ1) is 11.7. The standard InChI is InChI=1S/C19H22N2O2S/c1-2-17(15-8-4-3-5-9-15)24(23)18-11-10-16(14-20-18)19(22)21-12-6-7-13-21/h3-5,8-11,14,17H,2,6-7,12-13H2,1H3/t17-,24+/m0/s1. The zero-order chi connectivity index (χ0) is 16.9. The fourth-order valence-electron chi connectivity index (χ4n) is 3.05. The predicted octanol–water partition coefficient (Wildman–Crippen LogP) is 3.58. The molecule has 1 fully saturated rings. The van der Waals surface area contributed by atoms with E-state index in [2.05, 4.69) is 4.98 Å². The first-order valence-corrected chi connectivity index (χ1v) is 9.63. The minimum Gasteiger partial charge on any atom is -0.339 e. The molecule has 24 heavy (non-hydrogen) atoms. The summed E-state index contributed by atoms with van der Waals surface area (Å²) in [7, 11) is -1.23. The van der Waals surface area contributed by atoms with Gasteiger partial charge in [-0.05, 0) is 37.0 Å². The van der Waals surface area contributed by atoms with Crippen LogP contribution in [-0.2, 0) is 10.8 Å². The Morgan fingerprint density at radius 3 is 2.46 bits per heavy atom. The minimum absolute atomic E-state index is 0.0208. The molecular weight excluding hydrogens is 320 g/mol. The van der Waals surface area contributed by atoms with E-state index in [9.17, 15) is 9.00 Å². The van der Waals surface area contributed by atoms with Crippen LogP contribution < -0.4 is 0 Å². The molecule has 1 aliphatic rings. The van der Waals surface area contributed by atoms with Crippen molar-refractivity contribution in [1.82, 2.24) is 9.88 Å². The lowest BCUT2D eigenvalue weighted by Crippen LogP contribution is -2.27. The Morgan fingerprint density at radius 2 is 1.88 bits per heavy atom. The number of hydrogen-bond donors (Lipinski definition) is 0. The molecule has 0 N–H and O–H groups in total. The molecule has 3 rings (SSSR count). The molecule has 2 aromatic rings. The van der Waals surface area contributed by atoms with E-state index in [1.165, 1.54) is 0 Å². The summed E-state index contributed by atoms with van der Waals surface area (Å²) in [5.74, 6) is 0.0208. The largest absolute Gasteiger partial charge is 0.339 e. The summed E-state index contributed by atoms with van der Waals surface area (Å²) in [6, 6.07) is 13.3. The number of hydrogen-bond acceptors (Lipinski definition) is 3. The molecule has 2 atom stereocenters. The van der Waals surface area contributed by atoms with Gasteiger partial charge in [0.1, 0.15) is 5.03 Å². The maximum atomic E-state index is 12.9. The van der Waals surface area contributed by atoms with E-state index in [0.29, 0.717) is 10.6 Å². The summed E-state index contributed by atoms with van der Waals surface area (Å²) < 4.78 is 12.9. The topological polar surface area (TPSA) is 50.3 Å². The Labute approximate surface area is 145 Å². The lowest BCUT2D eigenvalue weighted by atomic mass is 10.1. The van der Waals surface area contributed by atoms with Gasteiger partial charge in [0.25, 0.3) is 5.91 Å². The number of carbonyl (C=O) groups is 1. The Balaban J connectivity index is 1.77. The molecule has 1 aromatic heterocycles. The molecule has 0 radical (unpaired) electrons. The first kappa shape index (κ1) is 16.8. The predicted molar refractivity (Wildman–Crippen MR) is 95.3 cm³/mol. The number of pyridine rings is 1. The van der Waals surface area contributed by atoms with Crippen LogP contribution in [0.4, 0.5) is 0 Å². The third kappa shape index (κ3) is 3.56. The van der Waals surface area contributed by atoms with Crippen LogP contribution in [0.2, 0.25) is 0 Å². The van der Waals surface area contributed by atoms with Gasteiger partial charge in [0, 0.05) is 19.3 Å². The van der Waals surface area contributed by atoms with Crippen molar-refractivity contribution in [3.63, 3.8) is 0 Å². The third-order valence-corrected chi connectivity index (χ3v) is 6.16. The average Bonchev–Trinajstić information content (AvgIpc) is 3.17. The van der Waals surface area contributed by atoms with Gasteiger partial charge in [-0.25, -0.2) is 4.98 Å². The summed E-state index contributed by atoms with van der Waals surface area (Å²) in [5, 5.41) is 0.447. The molecule has 1 amide bonds. The smallest absolute Gasteiger partial charge is 0.255 e. The monoisotopic (exact) mass is 342 g/mol. The Morgan fingerprint density at radius 1 is 1.17 bits per heavy atom. The van der Waals surface area contributed by atoms with Crippen molar-refractivity contribution in [3.05, 3.63) is 59.8 Å². The number of carbonyl (C=O) groups excluding carboxylic acids is 1. The first-order valence-electron chi connectivity index (χ1n) is 8.41. The molecule has 1 aromatic carbocycles. The number of amides is 1. The second-order valence-electron chi connectivity index (χ2n) is 5.99. The molecule has 0 aliphatic carbocycles. The summed E-state index contributed by atoms with van der Waals surface area (Å²) in [4.78, 5) is 18.5. The molecule has 1 aliphatic heterocycles. The lowest BCUT2D eigenvalue weighted by Gasteiger charge is -2.16. The fraction of sp³-hybridized carbons (Fsp3) is 0.368. The highest BCUT2D eigenvalue weighted by atomic mass is 32.2. The van der Waals surface area contributed by atoms with Crippen molar-refractivity contribution >= 4 is 16.7 Å². The molecule has 0 saturated carbocycles. The van der Waals surface area contributed by atoms with E-state index in [1.54, 1.807) is 18.3 Å². The minimum atomic E-state index is -1.23. The number of nitrogens with zero attached hydrogens (tertiary/aromatic N) is 2. The van der Waals surface area contributed by atoms with Crippen LogP contribution in [-0.4, -0.2) is 33.1 Å². The number of benzene rings is 1. The van der Waals surface area contributed by atoms with Crippen molar-refractivity contribution in [2.24, 2.45) is 0 Å². The summed E-state index contributed by atoms with van der Waals surface area (Å²) >= 11 is 0. The van der Waals surface area contributed by atoms with E-state index in [1.807, 2.05) is 42.2 Å². The van der Waals surface area contributed by atoms with Gasteiger partial charge in [0.2, 0.25) is 0 Å². The van der Waals surface area contributed by atoms with Crippen molar-refractivity contribution in [2.45, 2.75) is 36.5 Å². The SMILES string of the molecule is CC[C@@H](c1ccccc1)[S@@](=O)c1ccc(C(=O)N2CCCC2)cn1. The third-order valence-electron chi connectivity index (χ3n) is 4.38. The van der Waals surface area contributed by atoms with E-state index < -0.39 is 10.8 Å². The van der Waals surface area contributed by atoms with Crippen LogP contribution >= 0.6 is 0 Å². The van der Waals surface area contributed by atoms with Gasteiger partial charge >= 0.3 is 0 Å². The van der Waals surface area contributed by atoms with E-state index >= 15 is 0 Å². The van der Waals surface area contributed by atoms with Gasteiger partial charge in [0.05, 0.1) is 21.6 Å². The van der Waals surface area contributed by atoms with Crippen LogP contribution in [0.1, 0.15) is 47.4 Å². The molecule has 0 bridgehead atoms. The van der Waals surface area contributed by atoms with Gasteiger partial charge in [-0.3, -0.25) is 9.00 Å². The van der Waals surface area contributed by atoms with Crippen molar-refractivity contribution in [1.29, 1.82) is 0 Å². The molecule has 0 spiro atoms. The van der Waals surface area contributed by atoms with Crippen molar-refractivity contribution in [2.75, 3.05) is 13.1 Å². The summed E-state index contributed by atoms with van der Waals surface area (Å²) in [5.41, 5.74) is 1.63. The van der Waals surface area contributed by atoms with Crippen LogP contribution in [0.15, 0.2) is 53.7 Å². The van der Waals surface area contributed by atoms with Crippen LogP contribution in [0.25, 0.3) is 0 Å². The quantitative estimate of drug-likeness (QED) is 0.834. The van der Waals surface area contributed by atoms with Gasteiger partial charge in [-0.2, -0.15) is 0 Å². The molecule has 4 nitrogen and oxygen atoms in total. The van der Waals surface area contributed by atoms with E-state index in [0.717, 1.165) is 37.9 Å². The highest BCUT2D eigenvalue weighted by Gasteiger charge is 2.22. The molecule has 5 heteroatoms. The molecule has 1 saturated heterocycles. The van der Waals surface area contributed by atoms with Crippen molar-refractivity contribution in [3.8, 4) is 0 Å². The second-order valence-corrected chi connectivity index (χ2v) is 7.57. The Bertz CT molecular complexity index is 710. The number of aromatic nitrogens is 1. The van der Waals surface area contributed by atoms with Crippen molar-refractivity contribution < 1.29 is 9.00 Å². The maximum absolute atomic E-state index is 12.9. The highest BCUT2D eigenvalue weighted by molar-refractivity contribution is 7.85. The molecular formula is C19H22N2O2S. The molecule has 2 heterocycles. The highest BCUT2D eigenvalue weighted by Crippen LogP contribution is 2.27. The summed E-state index contributed by atoms with van der Waals surface area (Å²) in [6.07, 6.45) is 4.46. The van der Waals surface area contributed by atoms with Gasteiger partial charge in [-0.1, -0.05) is 37.3 Å². The van der Waals surface area contributed by atoms with Crippen LogP contribution in [0, 0.1) is 0 Å². The number of rotatable bonds is 5. The summed E-state index contributed by atoms with van der Waals surface area (Å²) in [6.45, 7) is 3.66. The van der Waals surface area contributed by atoms with E-state index in [-0.39, 0.29) is 11.2 Å². The van der Waals surface area contributed by atoms with Gasteiger partial charge < -0.3 is 4.90 Å². The fourth-order valence-corrected chi connectivity index (χ4v) is 4.41.